The molecule has 4 nitrogen and oxygen atoms in total. The third-order valence-electron chi connectivity index (χ3n) is 4.84. The van der Waals surface area contributed by atoms with Crippen LogP contribution < -0.4 is 4.90 Å². The molecule has 0 saturated carbocycles. The third-order valence-corrected chi connectivity index (χ3v) is 4.84. The molecular weight excluding hydrogens is 331 g/mol. The molecule has 0 spiro atoms. The van der Waals surface area contributed by atoms with Gasteiger partial charge in [-0.3, -0.25) is 9.59 Å². The summed E-state index contributed by atoms with van der Waals surface area (Å²) >= 11 is 0. The van der Waals surface area contributed by atoms with Crippen LogP contribution in [0.15, 0.2) is 48.5 Å². The van der Waals surface area contributed by atoms with Gasteiger partial charge in [-0.25, -0.2) is 4.39 Å². The molecule has 5 heteroatoms. The van der Waals surface area contributed by atoms with Gasteiger partial charge in [0.15, 0.2) is 0 Å². The Hall–Kier alpha value is -2.69. The SMILES string of the molecule is Cc1ccc(F)c(N2CCN(C(=O)CCc3ccccc3)[C@H](C)C2=O)c1. The van der Waals surface area contributed by atoms with Crippen molar-refractivity contribution in [3.63, 3.8) is 0 Å². The molecule has 0 aliphatic carbocycles. The van der Waals surface area contributed by atoms with Crippen LogP contribution in [0.1, 0.15) is 24.5 Å². The average molecular weight is 354 g/mol. The van der Waals surface area contributed by atoms with E-state index < -0.39 is 11.9 Å². The second-order valence-corrected chi connectivity index (χ2v) is 6.69. The number of amides is 2. The zero-order chi connectivity index (χ0) is 18.7. The van der Waals surface area contributed by atoms with Gasteiger partial charge in [0, 0.05) is 19.5 Å². The number of carbonyl (C=O) groups is 2. The molecule has 1 atom stereocenters. The first-order valence-electron chi connectivity index (χ1n) is 8.88. The highest BCUT2D eigenvalue weighted by molar-refractivity contribution is 6.00. The largest absolute Gasteiger partial charge is 0.329 e. The average Bonchev–Trinajstić information content (AvgIpc) is 2.65. The van der Waals surface area contributed by atoms with Crippen LogP contribution in [0.4, 0.5) is 10.1 Å². The summed E-state index contributed by atoms with van der Waals surface area (Å²) in [5.74, 6) is -0.701. The van der Waals surface area contributed by atoms with E-state index in [4.69, 9.17) is 0 Å². The van der Waals surface area contributed by atoms with Gasteiger partial charge in [0.1, 0.15) is 11.9 Å². The lowest BCUT2D eigenvalue weighted by Gasteiger charge is -2.39. The highest BCUT2D eigenvalue weighted by atomic mass is 19.1. The van der Waals surface area contributed by atoms with Crippen LogP contribution in [0.5, 0.6) is 0 Å². The molecule has 0 N–H and O–H groups in total. The zero-order valence-electron chi connectivity index (χ0n) is 15.1. The monoisotopic (exact) mass is 354 g/mol. The first kappa shape index (κ1) is 18.1. The number of halogens is 1. The summed E-state index contributed by atoms with van der Waals surface area (Å²) in [4.78, 5) is 28.4. The van der Waals surface area contributed by atoms with Crippen molar-refractivity contribution in [2.24, 2.45) is 0 Å². The van der Waals surface area contributed by atoms with E-state index in [9.17, 15) is 14.0 Å². The van der Waals surface area contributed by atoms with Gasteiger partial charge in [-0.05, 0) is 43.5 Å². The van der Waals surface area contributed by atoms with Crippen molar-refractivity contribution >= 4 is 17.5 Å². The lowest BCUT2D eigenvalue weighted by molar-refractivity contribution is -0.140. The summed E-state index contributed by atoms with van der Waals surface area (Å²) in [7, 11) is 0. The van der Waals surface area contributed by atoms with Gasteiger partial charge in [-0.15, -0.1) is 0 Å². The number of aryl methyl sites for hydroxylation is 2. The van der Waals surface area contributed by atoms with Crippen molar-refractivity contribution in [3.05, 3.63) is 65.5 Å². The number of rotatable bonds is 4. The van der Waals surface area contributed by atoms with Gasteiger partial charge in [0.05, 0.1) is 5.69 Å². The Morgan fingerprint density at radius 3 is 2.62 bits per heavy atom. The van der Waals surface area contributed by atoms with E-state index >= 15 is 0 Å². The van der Waals surface area contributed by atoms with Crippen LogP contribution in [0.25, 0.3) is 0 Å². The Morgan fingerprint density at radius 1 is 1.15 bits per heavy atom. The Labute approximate surface area is 153 Å². The molecule has 1 aliphatic rings. The van der Waals surface area contributed by atoms with Crippen LogP contribution in [0, 0.1) is 12.7 Å². The Kier molecular flexibility index (Phi) is 5.35. The lowest BCUT2D eigenvalue weighted by atomic mass is 10.1. The molecular formula is C21H23FN2O2. The Balaban J connectivity index is 1.67. The van der Waals surface area contributed by atoms with Gasteiger partial charge < -0.3 is 9.80 Å². The summed E-state index contributed by atoms with van der Waals surface area (Å²) < 4.78 is 14.1. The minimum atomic E-state index is -0.591. The second-order valence-electron chi connectivity index (χ2n) is 6.69. The third kappa shape index (κ3) is 3.77. The summed E-state index contributed by atoms with van der Waals surface area (Å²) in [6, 6.07) is 13.9. The molecule has 2 amide bonds. The van der Waals surface area contributed by atoms with E-state index in [0.717, 1.165) is 11.1 Å². The summed E-state index contributed by atoms with van der Waals surface area (Å²) in [5.41, 5.74) is 2.28. The molecule has 2 aromatic rings. The molecule has 0 radical (unpaired) electrons. The summed E-state index contributed by atoms with van der Waals surface area (Å²) in [5, 5.41) is 0. The smallest absolute Gasteiger partial charge is 0.249 e. The van der Waals surface area contributed by atoms with Crippen molar-refractivity contribution in [1.29, 1.82) is 0 Å². The van der Waals surface area contributed by atoms with E-state index in [1.54, 1.807) is 24.0 Å². The maximum atomic E-state index is 14.1. The van der Waals surface area contributed by atoms with Crippen molar-refractivity contribution in [2.45, 2.75) is 32.7 Å². The molecule has 1 aliphatic heterocycles. The first-order chi connectivity index (χ1) is 12.5. The number of piperazine rings is 1. The van der Waals surface area contributed by atoms with Gasteiger partial charge in [0.2, 0.25) is 11.8 Å². The van der Waals surface area contributed by atoms with Gasteiger partial charge >= 0.3 is 0 Å². The predicted molar refractivity (Wildman–Crippen MR) is 99.4 cm³/mol. The molecule has 1 heterocycles. The number of benzene rings is 2. The minimum Gasteiger partial charge on any atom is -0.329 e. The summed E-state index contributed by atoms with van der Waals surface area (Å²) in [6.45, 7) is 4.29. The molecule has 136 valence electrons. The molecule has 26 heavy (non-hydrogen) atoms. The van der Waals surface area contributed by atoms with Crippen molar-refractivity contribution < 1.29 is 14.0 Å². The number of hydrogen-bond acceptors (Lipinski definition) is 2. The van der Waals surface area contributed by atoms with Crippen molar-refractivity contribution in [2.75, 3.05) is 18.0 Å². The molecule has 1 fully saturated rings. The summed E-state index contributed by atoms with van der Waals surface area (Å²) in [6.07, 6.45) is 1.01. The maximum absolute atomic E-state index is 14.1. The van der Waals surface area contributed by atoms with E-state index in [1.807, 2.05) is 37.3 Å². The van der Waals surface area contributed by atoms with Crippen LogP contribution >= 0.6 is 0 Å². The fourth-order valence-corrected chi connectivity index (χ4v) is 3.32. The topological polar surface area (TPSA) is 40.6 Å². The second kappa shape index (κ2) is 7.68. The van der Waals surface area contributed by atoms with Gasteiger partial charge in [0.25, 0.3) is 0 Å². The van der Waals surface area contributed by atoms with Gasteiger partial charge in [-0.1, -0.05) is 36.4 Å². The Morgan fingerprint density at radius 2 is 1.88 bits per heavy atom. The number of hydrogen-bond donors (Lipinski definition) is 0. The zero-order valence-corrected chi connectivity index (χ0v) is 15.1. The molecule has 3 rings (SSSR count). The standard InChI is InChI=1S/C21H23FN2O2/c1-15-8-10-18(22)19(14-15)24-13-12-23(16(2)21(24)26)20(25)11-9-17-6-4-3-5-7-17/h3-8,10,14,16H,9,11-13H2,1-2H3/t16-/m1/s1. The minimum absolute atomic E-state index is 0.0425. The van der Waals surface area contributed by atoms with E-state index in [0.29, 0.717) is 31.6 Å². The molecule has 1 saturated heterocycles. The van der Waals surface area contributed by atoms with Crippen molar-refractivity contribution in [1.82, 2.24) is 4.90 Å². The Bertz CT molecular complexity index is 807. The molecule has 0 aromatic heterocycles. The first-order valence-corrected chi connectivity index (χ1v) is 8.88. The lowest BCUT2D eigenvalue weighted by Crippen LogP contribution is -2.58. The van der Waals surface area contributed by atoms with Crippen LogP contribution in [-0.2, 0) is 16.0 Å². The van der Waals surface area contributed by atoms with Crippen LogP contribution in [0.2, 0.25) is 0 Å². The molecule has 0 bridgehead atoms. The quantitative estimate of drug-likeness (QED) is 0.845. The predicted octanol–water partition coefficient (Wildman–Crippen LogP) is 3.33. The number of anilines is 1. The molecule has 2 aromatic carbocycles. The van der Waals surface area contributed by atoms with Crippen molar-refractivity contribution in [3.8, 4) is 0 Å². The van der Waals surface area contributed by atoms with E-state index in [-0.39, 0.29) is 11.8 Å². The van der Waals surface area contributed by atoms with E-state index in [2.05, 4.69) is 0 Å². The number of nitrogens with zero attached hydrogens (tertiary/aromatic N) is 2. The fourth-order valence-electron chi connectivity index (χ4n) is 3.32. The highest BCUT2D eigenvalue weighted by Gasteiger charge is 2.35. The normalized spacial score (nSPS) is 17.5. The van der Waals surface area contributed by atoms with Crippen LogP contribution in [-0.4, -0.2) is 35.8 Å². The van der Waals surface area contributed by atoms with Crippen LogP contribution in [0.3, 0.4) is 0 Å². The van der Waals surface area contributed by atoms with Gasteiger partial charge in [-0.2, -0.15) is 0 Å². The van der Waals surface area contributed by atoms with E-state index in [1.165, 1.54) is 11.0 Å². The maximum Gasteiger partial charge on any atom is 0.249 e. The highest BCUT2D eigenvalue weighted by Crippen LogP contribution is 2.25. The fraction of sp³-hybridized carbons (Fsp3) is 0.333. The molecule has 0 unspecified atom stereocenters. The number of carbonyl (C=O) groups excluding carboxylic acids is 2.